The highest BCUT2D eigenvalue weighted by atomic mass is 35.5. The van der Waals surface area contributed by atoms with Crippen LogP contribution in [0.2, 0.25) is 5.15 Å². The summed E-state index contributed by atoms with van der Waals surface area (Å²) in [5.74, 6) is 0.905. The molecule has 0 aromatic carbocycles. The van der Waals surface area contributed by atoms with Crippen molar-refractivity contribution in [2.45, 2.75) is 0 Å². The first kappa shape index (κ1) is 9.86. The van der Waals surface area contributed by atoms with Crippen molar-refractivity contribution in [2.75, 3.05) is 31.2 Å². The second-order valence-electron chi connectivity index (χ2n) is 3.63. The summed E-state index contributed by atoms with van der Waals surface area (Å²) in [5.41, 5.74) is 0.839. The van der Waals surface area contributed by atoms with Gasteiger partial charge in [0.15, 0.2) is 5.15 Å². The molecule has 5 nitrogen and oxygen atoms in total. The van der Waals surface area contributed by atoms with Gasteiger partial charge in [0.05, 0.1) is 19.4 Å². The second kappa shape index (κ2) is 3.92. The number of fused-ring (bicyclic) bond motifs is 1. The van der Waals surface area contributed by atoms with Gasteiger partial charge in [0, 0.05) is 25.5 Å². The third kappa shape index (κ3) is 1.52. The van der Waals surface area contributed by atoms with Crippen LogP contribution in [0.15, 0.2) is 18.6 Å². The van der Waals surface area contributed by atoms with Gasteiger partial charge in [-0.05, 0) is 0 Å². The number of imidazole rings is 1. The SMILES string of the molecule is Clc1nccn2c(N3CCOCC3)ncc12. The summed E-state index contributed by atoms with van der Waals surface area (Å²) in [6.45, 7) is 3.21. The molecule has 0 atom stereocenters. The Hall–Kier alpha value is -1.33. The number of ether oxygens (including phenoxy) is 1. The zero-order valence-corrected chi connectivity index (χ0v) is 9.39. The number of anilines is 1. The molecule has 16 heavy (non-hydrogen) atoms. The van der Waals surface area contributed by atoms with E-state index >= 15 is 0 Å². The summed E-state index contributed by atoms with van der Waals surface area (Å²) in [6.07, 6.45) is 5.31. The van der Waals surface area contributed by atoms with Crippen molar-refractivity contribution < 1.29 is 4.74 Å². The predicted octanol–water partition coefficient (Wildman–Crippen LogP) is 1.22. The molecule has 3 heterocycles. The fourth-order valence-electron chi connectivity index (χ4n) is 1.88. The Balaban J connectivity index is 2.06. The number of aromatic nitrogens is 3. The number of hydrogen-bond acceptors (Lipinski definition) is 4. The minimum absolute atomic E-state index is 0.481. The molecule has 1 aliphatic heterocycles. The number of nitrogens with zero attached hydrogens (tertiary/aromatic N) is 4. The van der Waals surface area contributed by atoms with Crippen LogP contribution in [-0.2, 0) is 4.74 Å². The smallest absolute Gasteiger partial charge is 0.210 e. The third-order valence-corrected chi connectivity index (χ3v) is 2.98. The highest BCUT2D eigenvalue weighted by molar-refractivity contribution is 6.32. The summed E-state index contributed by atoms with van der Waals surface area (Å²) >= 11 is 5.99. The summed E-state index contributed by atoms with van der Waals surface area (Å²) in [7, 11) is 0. The van der Waals surface area contributed by atoms with Gasteiger partial charge in [-0.1, -0.05) is 11.6 Å². The summed E-state index contributed by atoms with van der Waals surface area (Å²) < 4.78 is 7.28. The molecular weight excluding hydrogens is 228 g/mol. The molecule has 2 aromatic rings. The number of hydrogen-bond donors (Lipinski definition) is 0. The van der Waals surface area contributed by atoms with Gasteiger partial charge in [-0.3, -0.25) is 4.40 Å². The standard InChI is InChI=1S/C10H11ClN4O/c11-9-8-7-13-10(15(8)2-1-12-9)14-3-5-16-6-4-14/h1-2,7H,3-6H2. The number of morpholine rings is 1. The van der Waals surface area contributed by atoms with E-state index in [-0.39, 0.29) is 0 Å². The van der Waals surface area contributed by atoms with Gasteiger partial charge in [0.1, 0.15) is 5.52 Å². The molecule has 84 valence electrons. The van der Waals surface area contributed by atoms with Crippen LogP contribution in [0.3, 0.4) is 0 Å². The van der Waals surface area contributed by atoms with Crippen LogP contribution in [0.1, 0.15) is 0 Å². The molecule has 0 amide bonds. The van der Waals surface area contributed by atoms with Gasteiger partial charge in [-0.15, -0.1) is 0 Å². The molecule has 0 bridgehead atoms. The van der Waals surface area contributed by atoms with Crippen molar-refractivity contribution in [1.82, 2.24) is 14.4 Å². The molecule has 1 aliphatic rings. The highest BCUT2D eigenvalue weighted by Crippen LogP contribution is 2.20. The molecule has 2 aromatic heterocycles. The van der Waals surface area contributed by atoms with Crippen LogP contribution in [0.4, 0.5) is 5.95 Å². The van der Waals surface area contributed by atoms with Gasteiger partial charge in [-0.25, -0.2) is 9.97 Å². The Bertz CT molecular complexity index is 506. The van der Waals surface area contributed by atoms with Gasteiger partial charge in [-0.2, -0.15) is 0 Å². The van der Waals surface area contributed by atoms with Gasteiger partial charge < -0.3 is 9.64 Å². The molecule has 3 rings (SSSR count). The third-order valence-electron chi connectivity index (χ3n) is 2.69. The van der Waals surface area contributed by atoms with E-state index in [1.807, 2.05) is 10.6 Å². The first-order valence-electron chi connectivity index (χ1n) is 5.16. The summed E-state index contributed by atoms with van der Waals surface area (Å²) in [5, 5.41) is 0.481. The molecule has 6 heteroatoms. The Morgan fingerprint density at radius 2 is 2.06 bits per heavy atom. The maximum absolute atomic E-state index is 5.99. The fourth-order valence-corrected chi connectivity index (χ4v) is 2.08. The van der Waals surface area contributed by atoms with Crippen LogP contribution in [-0.4, -0.2) is 40.7 Å². The van der Waals surface area contributed by atoms with Crippen molar-refractivity contribution in [2.24, 2.45) is 0 Å². The van der Waals surface area contributed by atoms with E-state index < -0.39 is 0 Å². The normalized spacial score (nSPS) is 16.9. The lowest BCUT2D eigenvalue weighted by molar-refractivity contribution is 0.122. The predicted molar refractivity (Wildman–Crippen MR) is 61.0 cm³/mol. The Labute approximate surface area is 97.6 Å². The van der Waals surface area contributed by atoms with E-state index in [1.54, 1.807) is 12.4 Å². The molecule has 0 saturated carbocycles. The van der Waals surface area contributed by atoms with E-state index in [0.29, 0.717) is 5.15 Å². The average molecular weight is 239 g/mol. The molecule has 0 unspecified atom stereocenters. The van der Waals surface area contributed by atoms with E-state index in [2.05, 4.69) is 14.9 Å². The van der Waals surface area contributed by atoms with Crippen LogP contribution < -0.4 is 4.90 Å². The van der Waals surface area contributed by atoms with Crippen molar-refractivity contribution in [3.05, 3.63) is 23.7 Å². The van der Waals surface area contributed by atoms with Crippen molar-refractivity contribution in [1.29, 1.82) is 0 Å². The first-order valence-corrected chi connectivity index (χ1v) is 5.54. The summed E-state index contributed by atoms with van der Waals surface area (Å²) in [6, 6.07) is 0. The second-order valence-corrected chi connectivity index (χ2v) is 3.99. The van der Waals surface area contributed by atoms with E-state index in [0.717, 1.165) is 37.8 Å². The van der Waals surface area contributed by atoms with Crippen LogP contribution in [0, 0.1) is 0 Å². The molecule has 0 N–H and O–H groups in total. The van der Waals surface area contributed by atoms with Gasteiger partial charge in [0.25, 0.3) is 0 Å². The number of halogens is 1. The minimum atomic E-state index is 0.481. The van der Waals surface area contributed by atoms with Gasteiger partial charge >= 0.3 is 0 Å². The lowest BCUT2D eigenvalue weighted by Crippen LogP contribution is -2.37. The Morgan fingerprint density at radius 1 is 1.25 bits per heavy atom. The highest BCUT2D eigenvalue weighted by Gasteiger charge is 2.16. The van der Waals surface area contributed by atoms with Crippen molar-refractivity contribution in [3.8, 4) is 0 Å². The van der Waals surface area contributed by atoms with Crippen molar-refractivity contribution in [3.63, 3.8) is 0 Å². The maximum atomic E-state index is 5.99. The summed E-state index contributed by atoms with van der Waals surface area (Å²) in [4.78, 5) is 10.6. The van der Waals surface area contributed by atoms with Gasteiger partial charge in [0.2, 0.25) is 5.95 Å². The molecule has 1 saturated heterocycles. The van der Waals surface area contributed by atoms with E-state index in [1.165, 1.54) is 0 Å². The van der Waals surface area contributed by atoms with Crippen molar-refractivity contribution >= 4 is 23.1 Å². The van der Waals surface area contributed by atoms with E-state index in [9.17, 15) is 0 Å². The zero-order valence-electron chi connectivity index (χ0n) is 8.64. The van der Waals surface area contributed by atoms with Crippen LogP contribution >= 0.6 is 11.6 Å². The first-order chi connectivity index (χ1) is 7.86. The molecule has 0 aliphatic carbocycles. The number of rotatable bonds is 1. The largest absolute Gasteiger partial charge is 0.378 e. The monoisotopic (exact) mass is 238 g/mol. The topological polar surface area (TPSA) is 42.7 Å². The fraction of sp³-hybridized carbons (Fsp3) is 0.400. The maximum Gasteiger partial charge on any atom is 0.210 e. The quantitative estimate of drug-likeness (QED) is 0.749. The zero-order chi connectivity index (χ0) is 11.0. The lowest BCUT2D eigenvalue weighted by atomic mass is 10.4. The lowest BCUT2D eigenvalue weighted by Gasteiger charge is -2.27. The van der Waals surface area contributed by atoms with Crippen LogP contribution in [0.5, 0.6) is 0 Å². The molecule has 1 fully saturated rings. The van der Waals surface area contributed by atoms with E-state index in [4.69, 9.17) is 16.3 Å². The Morgan fingerprint density at radius 3 is 2.88 bits per heavy atom. The molecular formula is C10H11ClN4O. The Kier molecular flexibility index (Phi) is 2.41. The average Bonchev–Trinajstić information content (AvgIpc) is 2.75. The van der Waals surface area contributed by atoms with Crippen LogP contribution in [0.25, 0.3) is 5.52 Å². The molecule has 0 radical (unpaired) electrons. The minimum Gasteiger partial charge on any atom is -0.378 e. The molecule has 0 spiro atoms.